The zero-order valence-corrected chi connectivity index (χ0v) is 27.4. The number of hydrogen-bond donors (Lipinski definition) is 2. The molecule has 0 aliphatic rings. The molecule has 3 atom stereocenters. The highest BCUT2D eigenvalue weighted by Gasteiger charge is 2.38. The summed E-state index contributed by atoms with van der Waals surface area (Å²) < 4.78 is 11.0. The van der Waals surface area contributed by atoms with Gasteiger partial charge in [-0.2, -0.15) is 0 Å². The molecule has 9 heteroatoms. The number of nitrogens with zero attached hydrogens (tertiary/aromatic N) is 1. The lowest BCUT2D eigenvalue weighted by atomic mass is 9.98. The summed E-state index contributed by atoms with van der Waals surface area (Å²) in [6.07, 6.45) is 5.54. The third-order valence-corrected chi connectivity index (χ3v) is 6.23. The van der Waals surface area contributed by atoms with Crippen LogP contribution in [-0.4, -0.2) is 52.1 Å². The van der Waals surface area contributed by atoms with Crippen LogP contribution < -0.4 is 10.6 Å². The van der Waals surface area contributed by atoms with E-state index in [1.165, 1.54) is 0 Å². The fraction of sp³-hybridized carbons (Fsp3) is 0.486. The van der Waals surface area contributed by atoms with Gasteiger partial charge in [-0.1, -0.05) is 80.4 Å². The predicted molar refractivity (Wildman–Crippen MR) is 170 cm³/mol. The lowest BCUT2D eigenvalue weighted by Gasteiger charge is -2.32. The highest BCUT2D eigenvalue weighted by molar-refractivity contribution is 5.95. The number of alkyl carbamates (subject to hydrolysis) is 1. The van der Waals surface area contributed by atoms with Crippen molar-refractivity contribution in [2.75, 3.05) is 0 Å². The van der Waals surface area contributed by atoms with Gasteiger partial charge in [0.05, 0.1) is 0 Å². The van der Waals surface area contributed by atoms with Crippen molar-refractivity contribution in [3.05, 3.63) is 71.3 Å². The van der Waals surface area contributed by atoms with Crippen LogP contribution in [0.15, 0.2) is 54.6 Å². The van der Waals surface area contributed by atoms with Crippen molar-refractivity contribution in [1.82, 2.24) is 15.5 Å². The molecule has 0 saturated heterocycles. The quantitative estimate of drug-likeness (QED) is 0.200. The van der Waals surface area contributed by atoms with Crippen molar-refractivity contribution in [2.24, 2.45) is 5.92 Å². The van der Waals surface area contributed by atoms with Gasteiger partial charge in [-0.05, 0) is 71.9 Å². The number of carbonyl (C=O) groups excluding carboxylic acids is 4. The second-order valence-electron chi connectivity index (χ2n) is 13.3. The number of carbonyl (C=O) groups is 4. The van der Waals surface area contributed by atoms with Crippen LogP contribution in [0.2, 0.25) is 0 Å². The first-order valence-corrected chi connectivity index (χ1v) is 14.8. The van der Waals surface area contributed by atoms with E-state index < -0.39 is 53.2 Å². The Morgan fingerprint density at radius 3 is 2.00 bits per heavy atom. The minimum Gasteiger partial charge on any atom is -0.458 e. The van der Waals surface area contributed by atoms with E-state index in [0.717, 1.165) is 16.0 Å². The topological polar surface area (TPSA) is 114 Å². The lowest BCUT2D eigenvalue weighted by molar-refractivity contribution is -0.159. The molecule has 0 aromatic heterocycles. The average Bonchev–Trinajstić information content (AvgIpc) is 2.88. The maximum absolute atomic E-state index is 14.2. The zero-order chi connectivity index (χ0) is 33.2. The number of esters is 1. The first-order valence-electron chi connectivity index (χ1n) is 14.8. The monoisotopic (exact) mass is 605 g/mol. The molecule has 0 aliphatic carbocycles. The summed E-state index contributed by atoms with van der Waals surface area (Å²) in [5.41, 5.74) is 0.491. The summed E-state index contributed by atoms with van der Waals surface area (Å²) in [6, 6.07) is 15.2. The molecule has 0 fully saturated rings. The van der Waals surface area contributed by atoms with E-state index in [0.29, 0.717) is 5.56 Å². The smallest absolute Gasteiger partial charge is 0.408 e. The molecule has 0 spiro atoms. The van der Waals surface area contributed by atoms with E-state index in [9.17, 15) is 19.2 Å². The first kappa shape index (κ1) is 35.9. The standard InChI is InChI=1S/C35H47N3O6/c1-11-38(31(40)27(20-23(2)3)37-33(42)44-35(8,9)10)29(26-19-15-16-24(4)21-26)30(39)36-28(32(41)43-34(5,6)7)22-25-17-13-12-14-18-25/h1,12-19,21,23,27-29H,20,22H2,2-10H3,(H,36,39)(H,37,42). The van der Waals surface area contributed by atoms with E-state index in [4.69, 9.17) is 15.9 Å². The molecule has 9 nitrogen and oxygen atoms in total. The van der Waals surface area contributed by atoms with Gasteiger partial charge in [-0.25, -0.2) is 9.59 Å². The maximum atomic E-state index is 14.2. The first-order chi connectivity index (χ1) is 20.4. The summed E-state index contributed by atoms with van der Waals surface area (Å²) >= 11 is 0. The summed E-state index contributed by atoms with van der Waals surface area (Å²) in [6.45, 7) is 16.0. The molecule has 0 radical (unpaired) electrons. The molecule has 2 rings (SSSR count). The number of amides is 3. The number of hydrogen-bond acceptors (Lipinski definition) is 6. The van der Waals surface area contributed by atoms with Gasteiger partial charge < -0.3 is 20.1 Å². The largest absolute Gasteiger partial charge is 0.458 e. The van der Waals surface area contributed by atoms with Crippen LogP contribution in [0.4, 0.5) is 4.79 Å². The molecule has 0 aliphatic heterocycles. The third kappa shape index (κ3) is 11.8. The molecular formula is C35H47N3O6. The minimum absolute atomic E-state index is 0.00724. The Morgan fingerprint density at radius 1 is 0.864 bits per heavy atom. The Balaban J connectivity index is 2.54. The van der Waals surface area contributed by atoms with Crippen molar-refractivity contribution in [2.45, 2.75) is 104 Å². The summed E-state index contributed by atoms with van der Waals surface area (Å²) in [5.74, 6) is -1.97. The van der Waals surface area contributed by atoms with Crippen LogP contribution in [0.1, 0.15) is 84.5 Å². The molecule has 44 heavy (non-hydrogen) atoms. The van der Waals surface area contributed by atoms with Crippen LogP contribution in [0.25, 0.3) is 0 Å². The number of aryl methyl sites for hydroxylation is 1. The van der Waals surface area contributed by atoms with Crippen LogP contribution in [0.3, 0.4) is 0 Å². The van der Waals surface area contributed by atoms with Gasteiger partial charge in [0.1, 0.15) is 29.3 Å². The molecule has 2 N–H and O–H groups in total. The Labute approximate surface area is 262 Å². The fourth-order valence-electron chi connectivity index (χ4n) is 4.50. The normalized spacial score (nSPS) is 13.6. The van der Waals surface area contributed by atoms with Gasteiger partial charge in [-0.15, -0.1) is 0 Å². The summed E-state index contributed by atoms with van der Waals surface area (Å²) in [5, 5.41) is 5.45. The van der Waals surface area contributed by atoms with Crippen molar-refractivity contribution < 1.29 is 28.7 Å². The minimum atomic E-state index is -1.32. The number of benzene rings is 2. The highest BCUT2D eigenvalue weighted by atomic mass is 16.6. The summed E-state index contributed by atoms with van der Waals surface area (Å²) in [7, 11) is 0. The summed E-state index contributed by atoms with van der Waals surface area (Å²) in [4.78, 5) is 55.2. The van der Waals surface area contributed by atoms with Crippen LogP contribution in [0.5, 0.6) is 0 Å². The van der Waals surface area contributed by atoms with Crippen molar-refractivity contribution in [1.29, 1.82) is 0 Å². The average molecular weight is 606 g/mol. The van der Waals surface area contributed by atoms with Gasteiger partial charge in [0, 0.05) is 12.5 Å². The van der Waals surface area contributed by atoms with E-state index in [-0.39, 0.29) is 18.8 Å². The molecule has 0 heterocycles. The van der Waals surface area contributed by atoms with Gasteiger partial charge in [0.15, 0.2) is 0 Å². The van der Waals surface area contributed by atoms with Crippen LogP contribution >= 0.6 is 0 Å². The molecule has 3 unspecified atom stereocenters. The molecule has 0 bridgehead atoms. The number of ether oxygens (including phenoxy) is 2. The molecule has 2 aromatic carbocycles. The Hall–Kier alpha value is -4.32. The molecule has 3 amide bonds. The molecular weight excluding hydrogens is 558 g/mol. The van der Waals surface area contributed by atoms with E-state index >= 15 is 0 Å². The van der Waals surface area contributed by atoms with Crippen molar-refractivity contribution in [3.63, 3.8) is 0 Å². The second-order valence-corrected chi connectivity index (χ2v) is 13.3. The molecule has 2 aromatic rings. The highest BCUT2D eigenvalue weighted by Crippen LogP contribution is 2.25. The Kier molecular flexibility index (Phi) is 12.6. The maximum Gasteiger partial charge on any atom is 0.408 e. The van der Waals surface area contributed by atoms with Crippen LogP contribution in [-0.2, 0) is 30.3 Å². The second kappa shape index (κ2) is 15.4. The van der Waals surface area contributed by atoms with Gasteiger partial charge >= 0.3 is 12.1 Å². The van der Waals surface area contributed by atoms with Crippen molar-refractivity contribution in [3.8, 4) is 12.5 Å². The molecule has 238 valence electrons. The fourth-order valence-corrected chi connectivity index (χ4v) is 4.50. The van der Waals surface area contributed by atoms with E-state index in [2.05, 4.69) is 16.7 Å². The van der Waals surface area contributed by atoms with Crippen LogP contribution in [0, 0.1) is 25.3 Å². The van der Waals surface area contributed by atoms with E-state index in [1.807, 2.05) is 57.2 Å². The third-order valence-electron chi connectivity index (χ3n) is 6.23. The van der Waals surface area contributed by atoms with Gasteiger partial charge in [-0.3, -0.25) is 14.5 Å². The number of terminal acetylenes is 1. The lowest BCUT2D eigenvalue weighted by Crippen LogP contribution is -2.54. The Morgan fingerprint density at radius 2 is 1.48 bits per heavy atom. The predicted octanol–water partition coefficient (Wildman–Crippen LogP) is 5.46. The van der Waals surface area contributed by atoms with Crippen molar-refractivity contribution >= 4 is 23.9 Å². The molecule has 0 saturated carbocycles. The van der Waals surface area contributed by atoms with Gasteiger partial charge in [0.25, 0.3) is 5.91 Å². The Bertz CT molecular complexity index is 1330. The van der Waals surface area contributed by atoms with Gasteiger partial charge in [0.2, 0.25) is 5.91 Å². The number of nitrogens with one attached hydrogen (secondary N) is 2. The SMILES string of the molecule is C#CN(C(=O)C(CC(C)C)NC(=O)OC(C)(C)C)C(C(=O)NC(Cc1ccccc1)C(=O)OC(C)(C)C)c1cccc(C)c1. The van der Waals surface area contributed by atoms with E-state index in [1.54, 1.807) is 59.7 Å². The number of rotatable bonds is 11. The zero-order valence-electron chi connectivity index (χ0n) is 27.4.